The minimum Gasteiger partial charge on any atom is -0.393 e. The van der Waals surface area contributed by atoms with E-state index in [0.29, 0.717) is 18.4 Å². The fourth-order valence-corrected chi connectivity index (χ4v) is 9.30. The number of oxime groups is 1. The smallest absolute Gasteiger partial charge is 0.157 e. The molecule has 0 radical (unpaired) electrons. The van der Waals surface area contributed by atoms with Gasteiger partial charge in [0.15, 0.2) is 6.29 Å². The zero-order valence-corrected chi connectivity index (χ0v) is 25.0. The summed E-state index contributed by atoms with van der Waals surface area (Å²) in [6, 6.07) is 8.09. The largest absolute Gasteiger partial charge is 0.393 e. The Kier molecular flexibility index (Phi) is 7.86. The molecule has 1 aromatic rings. The van der Waals surface area contributed by atoms with E-state index in [1.165, 1.54) is 24.8 Å². The summed E-state index contributed by atoms with van der Waals surface area (Å²) in [7, 11) is 0. The van der Waals surface area contributed by atoms with Crippen LogP contribution in [0.2, 0.25) is 0 Å². The first kappa shape index (κ1) is 27.7. The lowest BCUT2D eigenvalue weighted by Gasteiger charge is -2.58. The number of nitrogens with zero attached hydrogens (tertiary/aromatic N) is 1. The van der Waals surface area contributed by atoms with Gasteiger partial charge >= 0.3 is 0 Å². The van der Waals surface area contributed by atoms with E-state index in [4.69, 9.17) is 9.57 Å². The molecule has 6 heteroatoms. The molecule has 6 rings (SSSR count). The molecule has 5 nitrogen and oxygen atoms in total. The van der Waals surface area contributed by atoms with Crippen molar-refractivity contribution in [3.63, 3.8) is 0 Å². The molecule has 212 valence electrons. The Bertz CT molecular complexity index is 1130. The summed E-state index contributed by atoms with van der Waals surface area (Å²) >= 11 is 3.47. The van der Waals surface area contributed by atoms with E-state index in [1.807, 2.05) is 24.3 Å². The summed E-state index contributed by atoms with van der Waals surface area (Å²) in [5, 5.41) is 27.1. The van der Waals surface area contributed by atoms with Gasteiger partial charge in [0, 0.05) is 21.7 Å². The predicted molar refractivity (Wildman–Crippen MR) is 157 cm³/mol. The third kappa shape index (κ3) is 5.20. The van der Waals surface area contributed by atoms with E-state index >= 15 is 0 Å². The number of benzene rings is 1. The fourth-order valence-electron chi connectivity index (χ4n) is 9.03. The fraction of sp³-hybridized carbons (Fsp3) is 0.667. The molecule has 0 bridgehead atoms. The van der Waals surface area contributed by atoms with E-state index in [-0.39, 0.29) is 28.8 Å². The average molecular weight is 599 g/mol. The maximum absolute atomic E-state index is 11.7. The van der Waals surface area contributed by atoms with E-state index < -0.39 is 12.4 Å². The van der Waals surface area contributed by atoms with Gasteiger partial charge in [0.25, 0.3) is 0 Å². The third-order valence-corrected chi connectivity index (χ3v) is 11.6. The minimum atomic E-state index is -0.663. The van der Waals surface area contributed by atoms with Gasteiger partial charge in [-0.3, -0.25) is 0 Å². The number of halogens is 1. The van der Waals surface area contributed by atoms with Crippen molar-refractivity contribution < 1.29 is 19.8 Å². The van der Waals surface area contributed by atoms with E-state index in [2.05, 4.69) is 53.2 Å². The molecule has 0 heterocycles. The lowest BCUT2D eigenvalue weighted by atomic mass is 9.47. The molecule has 39 heavy (non-hydrogen) atoms. The number of ether oxygens (including phenoxy) is 1. The molecular weight excluding hydrogens is 554 g/mol. The first-order valence-corrected chi connectivity index (χ1v) is 15.9. The number of fused-ring (bicyclic) bond motifs is 5. The topological polar surface area (TPSA) is 71.3 Å². The highest BCUT2D eigenvalue weighted by Crippen LogP contribution is 2.65. The molecule has 5 aliphatic carbocycles. The molecule has 4 saturated carbocycles. The second-order valence-electron chi connectivity index (χ2n) is 13.3. The number of hydrogen-bond donors (Lipinski definition) is 2. The van der Waals surface area contributed by atoms with Gasteiger partial charge in [-0.15, -0.1) is 0 Å². The van der Waals surface area contributed by atoms with Gasteiger partial charge in [0.2, 0.25) is 0 Å². The van der Waals surface area contributed by atoms with Crippen LogP contribution in [0, 0.1) is 34.5 Å². The van der Waals surface area contributed by atoms with Gasteiger partial charge in [-0.25, -0.2) is 0 Å². The van der Waals surface area contributed by atoms with Gasteiger partial charge in [-0.2, -0.15) is 0 Å². The quantitative estimate of drug-likeness (QED) is 0.266. The number of rotatable bonds is 6. The first-order chi connectivity index (χ1) is 18.8. The van der Waals surface area contributed by atoms with Crippen molar-refractivity contribution >= 4 is 21.6 Å². The van der Waals surface area contributed by atoms with Crippen LogP contribution in [0.3, 0.4) is 0 Å². The molecular formula is C33H44BrNO4. The highest BCUT2D eigenvalue weighted by Gasteiger charge is 2.62. The van der Waals surface area contributed by atoms with Gasteiger partial charge in [0.1, 0.15) is 12.3 Å². The molecule has 1 aromatic carbocycles. The highest BCUT2D eigenvalue weighted by molar-refractivity contribution is 9.10. The molecule has 0 amide bonds. The lowest BCUT2D eigenvalue weighted by Crippen LogP contribution is -2.57. The molecule has 0 aromatic heterocycles. The van der Waals surface area contributed by atoms with Crippen LogP contribution in [0.1, 0.15) is 83.6 Å². The van der Waals surface area contributed by atoms with Gasteiger partial charge in [-0.1, -0.05) is 78.0 Å². The Morgan fingerprint density at radius 1 is 1.05 bits per heavy atom. The summed E-state index contributed by atoms with van der Waals surface area (Å²) in [6.07, 6.45) is 16.3. The lowest BCUT2D eigenvalue weighted by molar-refractivity contribution is -0.213. The summed E-state index contributed by atoms with van der Waals surface area (Å²) < 4.78 is 7.51. The average Bonchev–Trinajstić information content (AvgIpc) is 3.25. The molecule has 8 atom stereocenters. The molecule has 0 spiro atoms. The normalized spacial score (nSPS) is 40.0. The van der Waals surface area contributed by atoms with E-state index in [1.54, 1.807) is 0 Å². The first-order valence-electron chi connectivity index (χ1n) is 15.1. The van der Waals surface area contributed by atoms with Gasteiger partial charge in [-0.05, 0) is 92.0 Å². The highest BCUT2D eigenvalue weighted by atomic mass is 79.9. The van der Waals surface area contributed by atoms with Crippen molar-refractivity contribution in [1.29, 1.82) is 0 Å². The maximum Gasteiger partial charge on any atom is 0.157 e. The van der Waals surface area contributed by atoms with Crippen molar-refractivity contribution in [1.82, 2.24) is 0 Å². The number of hydrogen-bond acceptors (Lipinski definition) is 5. The van der Waals surface area contributed by atoms with Crippen LogP contribution >= 0.6 is 15.9 Å². The van der Waals surface area contributed by atoms with Crippen LogP contribution in [0.5, 0.6) is 0 Å². The Hall–Kier alpha value is -1.47. The summed E-state index contributed by atoms with van der Waals surface area (Å²) in [6.45, 7) is 5.08. The SMILES string of the molecule is CC12C=C/C(=N\OCc3ccc(Br)cc3)C=C1CCC1C2C(O)CC2(C)C1CC[C@H]2OC(O)C1CCCCC1. The maximum atomic E-state index is 11.7. The predicted octanol–water partition coefficient (Wildman–Crippen LogP) is 7.32. The molecule has 7 unspecified atom stereocenters. The van der Waals surface area contributed by atoms with Crippen LogP contribution in [0.25, 0.3) is 0 Å². The van der Waals surface area contributed by atoms with Crippen LogP contribution in [-0.4, -0.2) is 34.4 Å². The van der Waals surface area contributed by atoms with E-state index in [0.717, 1.165) is 60.7 Å². The number of aliphatic hydroxyl groups is 2. The van der Waals surface area contributed by atoms with Crippen molar-refractivity contribution in [2.75, 3.05) is 0 Å². The van der Waals surface area contributed by atoms with Crippen LogP contribution in [-0.2, 0) is 16.2 Å². The van der Waals surface area contributed by atoms with Crippen molar-refractivity contribution in [3.05, 3.63) is 58.1 Å². The third-order valence-electron chi connectivity index (χ3n) is 11.1. The zero-order chi connectivity index (χ0) is 27.2. The van der Waals surface area contributed by atoms with Crippen molar-refractivity contribution in [2.24, 2.45) is 39.7 Å². The molecule has 0 aliphatic heterocycles. The summed E-state index contributed by atoms with van der Waals surface area (Å²) in [5.41, 5.74) is 3.03. The minimum absolute atomic E-state index is 0.0308. The molecule has 5 aliphatic rings. The Balaban J connectivity index is 1.14. The summed E-state index contributed by atoms with van der Waals surface area (Å²) in [4.78, 5) is 5.69. The Labute approximate surface area is 241 Å². The monoisotopic (exact) mass is 597 g/mol. The number of allylic oxidation sites excluding steroid dienone is 4. The second kappa shape index (κ2) is 11.1. The van der Waals surface area contributed by atoms with Gasteiger partial charge < -0.3 is 19.8 Å². The van der Waals surface area contributed by atoms with E-state index in [9.17, 15) is 10.2 Å². The standard InChI is InChI=1S/C33H44BrNO4/c1-32-17-16-25(35-38-20-21-8-11-24(34)12-9-21)18-23(32)10-13-26-27-14-15-29(33(27,2)19-28(36)30(26)32)39-31(37)22-6-4-3-5-7-22/h8-9,11-12,16-18,22,26-31,36-37H,3-7,10,13-15,19-20H2,1-2H3/b35-25+/t26?,27?,28?,29-,30?,31?,32?,33?/m1/s1. The zero-order valence-electron chi connectivity index (χ0n) is 23.4. The Morgan fingerprint density at radius 2 is 1.82 bits per heavy atom. The molecule has 0 saturated heterocycles. The van der Waals surface area contributed by atoms with Crippen LogP contribution in [0.4, 0.5) is 0 Å². The van der Waals surface area contributed by atoms with Gasteiger partial charge in [0.05, 0.1) is 12.2 Å². The van der Waals surface area contributed by atoms with Crippen LogP contribution < -0.4 is 0 Å². The van der Waals surface area contributed by atoms with Crippen LogP contribution in [0.15, 0.2) is 57.7 Å². The summed E-state index contributed by atoms with van der Waals surface area (Å²) in [5.74, 6) is 1.44. The number of aliphatic hydroxyl groups excluding tert-OH is 2. The second-order valence-corrected chi connectivity index (χ2v) is 14.2. The molecule has 2 N–H and O–H groups in total. The Morgan fingerprint density at radius 3 is 2.59 bits per heavy atom. The molecule has 4 fully saturated rings. The van der Waals surface area contributed by atoms with Crippen molar-refractivity contribution in [2.45, 2.75) is 103 Å². The van der Waals surface area contributed by atoms with Crippen molar-refractivity contribution in [3.8, 4) is 0 Å².